The normalized spacial score (nSPS) is 11.8. The minimum atomic E-state index is -3.44. The van der Waals surface area contributed by atoms with Crippen LogP contribution >= 0.6 is 0 Å². The molecule has 2 aromatic rings. The molecule has 0 fully saturated rings. The molecular weight excluding hydrogens is 284 g/mol. The fourth-order valence-corrected chi connectivity index (χ4v) is 3.12. The van der Waals surface area contributed by atoms with E-state index in [0.717, 1.165) is 11.1 Å². The van der Waals surface area contributed by atoms with E-state index in [1.54, 1.807) is 24.3 Å². The van der Waals surface area contributed by atoms with Gasteiger partial charge in [-0.05, 0) is 41.3 Å². The van der Waals surface area contributed by atoms with Crippen LogP contribution in [0.15, 0.2) is 53.4 Å². The SMILES string of the molecule is CC(C)CNS(=O)(=O)c1ccc(-c2cccc(N)c2)cc1. The lowest BCUT2D eigenvalue weighted by Gasteiger charge is -2.09. The van der Waals surface area contributed by atoms with E-state index in [1.165, 1.54) is 0 Å². The zero-order valence-corrected chi connectivity index (χ0v) is 13.0. The Hall–Kier alpha value is -1.85. The summed E-state index contributed by atoms with van der Waals surface area (Å²) in [5.74, 6) is 0.270. The van der Waals surface area contributed by atoms with Crippen LogP contribution in [0, 0.1) is 5.92 Å². The predicted octanol–water partition coefficient (Wildman–Crippen LogP) is 2.87. The molecule has 0 bridgehead atoms. The minimum Gasteiger partial charge on any atom is -0.399 e. The molecule has 0 heterocycles. The number of nitrogen functional groups attached to an aromatic ring is 1. The summed E-state index contributed by atoms with van der Waals surface area (Å²) < 4.78 is 26.8. The van der Waals surface area contributed by atoms with E-state index < -0.39 is 10.0 Å². The van der Waals surface area contributed by atoms with Gasteiger partial charge in [-0.25, -0.2) is 13.1 Å². The third-order valence-electron chi connectivity index (χ3n) is 3.07. The van der Waals surface area contributed by atoms with Crippen molar-refractivity contribution in [1.82, 2.24) is 4.72 Å². The van der Waals surface area contributed by atoms with Gasteiger partial charge >= 0.3 is 0 Å². The maximum Gasteiger partial charge on any atom is 0.240 e. The van der Waals surface area contributed by atoms with Gasteiger partial charge in [-0.1, -0.05) is 38.1 Å². The average Bonchev–Trinajstić information content (AvgIpc) is 2.45. The maximum atomic E-state index is 12.1. The van der Waals surface area contributed by atoms with Gasteiger partial charge in [0.2, 0.25) is 10.0 Å². The predicted molar refractivity (Wildman–Crippen MR) is 86.3 cm³/mol. The molecule has 112 valence electrons. The van der Waals surface area contributed by atoms with Crippen LogP contribution in [-0.2, 0) is 10.0 Å². The summed E-state index contributed by atoms with van der Waals surface area (Å²) in [4.78, 5) is 0.274. The molecule has 3 N–H and O–H groups in total. The van der Waals surface area contributed by atoms with Crippen molar-refractivity contribution < 1.29 is 8.42 Å². The minimum absolute atomic E-state index is 0.270. The van der Waals surface area contributed by atoms with Crippen LogP contribution in [0.5, 0.6) is 0 Å². The Balaban J connectivity index is 2.23. The molecule has 0 unspecified atom stereocenters. The Morgan fingerprint density at radius 3 is 2.29 bits per heavy atom. The molecule has 0 saturated heterocycles. The topological polar surface area (TPSA) is 72.2 Å². The second kappa shape index (κ2) is 6.28. The fourth-order valence-electron chi connectivity index (χ4n) is 1.90. The highest BCUT2D eigenvalue weighted by molar-refractivity contribution is 7.89. The van der Waals surface area contributed by atoms with Crippen LogP contribution in [0.25, 0.3) is 11.1 Å². The van der Waals surface area contributed by atoms with Gasteiger partial charge in [-0.15, -0.1) is 0 Å². The van der Waals surface area contributed by atoms with Crippen LogP contribution in [0.1, 0.15) is 13.8 Å². The van der Waals surface area contributed by atoms with Crippen molar-refractivity contribution in [2.45, 2.75) is 18.7 Å². The smallest absolute Gasteiger partial charge is 0.240 e. The van der Waals surface area contributed by atoms with Gasteiger partial charge in [0.1, 0.15) is 0 Å². The van der Waals surface area contributed by atoms with Crippen molar-refractivity contribution >= 4 is 15.7 Å². The molecule has 5 heteroatoms. The van der Waals surface area contributed by atoms with Crippen LogP contribution in [0.4, 0.5) is 5.69 Å². The summed E-state index contributed by atoms with van der Waals surface area (Å²) in [6.45, 7) is 4.36. The molecular formula is C16H20N2O2S. The molecule has 0 saturated carbocycles. The summed E-state index contributed by atoms with van der Waals surface area (Å²) >= 11 is 0. The largest absolute Gasteiger partial charge is 0.399 e. The van der Waals surface area contributed by atoms with Gasteiger partial charge < -0.3 is 5.73 Å². The molecule has 0 radical (unpaired) electrons. The fraction of sp³-hybridized carbons (Fsp3) is 0.250. The number of benzene rings is 2. The first-order valence-corrected chi connectivity index (χ1v) is 8.32. The highest BCUT2D eigenvalue weighted by atomic mass is 32.2. The first-order chi connectivity index (χ1) is 9.88. The summed E-state index contributed by atoms with van der Waals surface area (Å²) in [5, 5.41) is 0. The number of nitrogens with one attached hydrogen (secondary N) is 1. The molecule has 4 nitrogen and oxygen atoms in total. The number of nitrogens with two attached hydrogens (primary N) is 1. The van der Waals surface area contributed by atoms with Crippen molar-refractivity contribution in [3.8, 4) is 11.1 Å². The van der Waals surface area contributed by atoms with Gasteiger partial charge in [-0.2, -0.15) is 0 Å². The highest BCUT2D eigenvalue weighted by Gasteiger charge is 2.14. The third kappa shape index (κ3) is 4.06. The Morgan fingerprint density at radius 2 is 1.71 bits per heavy atom. The second-order valence-corrected chi connectivity index (χ2v) is 7.16. The number of sulfonamides is 1. The first-order valence-electron chi connectivity index (χ1n) is 6.84. The van der Waals surface area contributed by atoms with Crippen molar-refractivity contribution in [2.75, 3.05) is 12.3 Å². The van der Waals surface area contributed by atoms with Gasteiger partial charge in [0.05, 0.1) is 4.90 Å². The second-order valence-electron chi connectivity index (χ2n) is 5.40. The summed E-state index contributed by atoms with van der Waals surface area (Å²) in [5.41, 5.74) is 8.34. The molecule has 0 atom stereocenters. The van der Waals surface area contributed by atoms with Crippen LogP contribution in [0.3, 0.4) is 0 Å². The Kier molecular flexibility index (Phi) is 4.65. The van der Waals surface area contributed by atoms with E-state index in [2.05, 4.69) is 4.72 Å². The lowest BCUT2D eigenvalue weighted by molar-refractivity contribution is 0.560. The van der Waals surface area contributed by atoms with Gasteiger partial charge in [-0.3, -0.25) is 0 Å². The van der Waals surface area contributed by atoms with Gasteiger partial charge in [0.25, 0.3) is 0 Å². The number of hydrogen-bond acceptors (Lipinski definition) is 3. The van der Waals surface area contributed by atoms with Crippen LogP contribution in [0.2, 0.25) is 0 Å². The van der Waals surface area contributed by atoms with Crippen LogP contribution < -0.4 is 10.5 Å². The van der Waals surface area contributed by atoms with E-state index in [0.29, 0.717) is 12.2 Å². The molecule has 21 heavy (non-hydrogen) atoms. The van der Waals surface area contributed by atoms with Gasteiger partial charge in [0.15, 0.2) is 0 Å². The van der Waals surface area contributed by atoms with E-state index in [1.807, 2.05) is 38.1 Å². The highest BCUT2D eigenvalue weighted by Crippen LogP contribution is 2.23. The Labute approximate surface area is 126 Å². The quantitative estimate of drug-likeness (QED) is 0.834. The van der Waals surface area contributed by atoms with E-state index in [9.17, 15) is 8.42 Å². The van der Waals surface area contributed by atoms with Crippen LogP contribution in [-0.4, -0.2) is 15.0 Å². The number of hydrogen-bond donors (Lipinski definition) is 2. The molecule has 0 aliphatic carbocycles. The maximum absolute atomic E-state index is 12.1. The lowest BCUT2D eigenvalue weighted by Crippen LogP contribution is -2.27. The van der Waals surface area contributed by atoms with Crippen molar-refractivity contribution in [2.24, 2.45) is 5.92 Å². The first kappa shape index (κ1) is 15.5. The zero-order chi connectivity index (χ0) is 15.5. The van der Waals surface area contributed by atoms with Crippen molar-refractivity contribution in [3.63, 3.8) is 0 Å². The van der Waals surface area contributed by atoms with Crippen molar-refractivity contribution in [3.05, 3.63) is 48.5 Å². The summed E-state index contributed by atoms with van der Waals surface area (Å²) in [6.07, 6.45) is 0. The number of rotatable bonds is 5. The van der Waals surface area contributed by atoms with E-state index in [-0.39, 0.29) is 10.8 Å². The molecule has 2 aromatic carbocycles. The lowest BCUT2D eigenvalue weighted by atomic mass is 10.1. The molecule has 0 amide bonds. The molecule has 0 aliphatic heterocycles. The molecule has 2 rings (SSSR count). The number of anilines is 1. The molecule has 0 aliphatic rings. The molecule has 0 spiro atoms. The monoisotopic (exact) mass is 304 g/mol. The Bertz CT molecular complexity index is 707. The average molecular weight is 304 g/mol. The zero-order valence-electron chi connectivity index (χ0n) is 12.2. The van der Waals surface area contributed by atoms with E-state index in [4.69, 9.17) is 5.73 Å². The standard InChI is InChI=1S/C16H20N2O2S/c1-12(2)11-18-21(19,20)16-8-6-13(7-9-16)14-4-3-5-15(17)10-14/h3-10,12,18H,11,17H2,1-2H3. The van der Waals surface area contributed by atoms with Crippen molar-refractivity contribution in [1.29, 1.82) is 0 Å². The van der Waals surface area contributed by atoms with E-state index >= 15 is 0 Å². The summed E-state index contributed by atoms with van der Waals surface area (Å²) in [7, 11) is -3.44. The molecule has 0 aromatic heterocycles. The van der Waals surface area contributed by atoms with Gasteiger partial charge in [0, 0.05) is 12.2 Å². The Morgan fingerprint density at radius 1 is 1.05 bits per heavy atom. The third-order valence-corrected chi connectivity index (χ3v) is 4.51. The summed E-state index contributed by atoms with van der Waals surface area (Å²) in [6, 6.07) is 14.3.